The van der Waals surface area contributed by atoms with Crippen LogP contribution >= 0.6 is 0 Å². The lowest BCUT2D eigenvalue weighted by molar-refractivity contribution is -0.112. The molecule has 0 bridgehead atoms. The number of ether oxygens (including phenoxy) is 3. The Bertz CT molecular complexity index is 952. The lowest BCUT2D eigenvalue weighted by Gasteiger charge is -2.11. The first-order valence-electron chi connectivity index (χ1n) is 8.51. The van der Waals surface area contributed by atoms with Crippen molar-refractivity contribution in [2.75, 3.05) is 25.6 Å². The van der Waals surface area contributed by atoms with Crippen molar-refractivity contribution in [3.05, 3.63) is 53.6 Å². The summed E-state index contributed by atoms with van der Waals surface area (Å²) in [6.45, 7) is 2.39. The SMILES string of the molecule is C#CCOc1ccc(/C=C(\C#N)C(=O)Nc2cccc(OC)c2)cc1OCC. The quantitative estimate of drug-likeness (QED) is 0.432. The molecule has 28 heavy (non-hydrogen) atoms. The van der Waals surface area contributed by atoms with E-state index in [9.17, 15) is 10.1 Å². The van der Waals surface area contributed by atoms with E-state index in [1.165, 1.54) is 13.2 Å². The fraction of sp³-hybridized carbons (Fsp3) is 0.182. The van der Waals surface area contributed by atoms with Gasteiger partial charge in [0.05, 0.1) is 13.7 Å². The minimum absolute atomic E-state index is 0.0532. The van der Waals surface area contributed by atoms with Gasteiger partial charge in [-0.15, -0.1) is 6.42 Å². The summed E-state index contributed by atoms with van der Waals surface area (Å²) in [6, 6.07) is 13.9. The van der Waals surface area contributed by atoms with Crippen molar-refractivity contribution in [2.45, 2.75) is 6.92 Å². The maximum Gasteiger partial charge on any atom is 0.266 e. The second-order valence-electron chi connectivity index (χ2n) is 5.49. The van der Waals surface area contributed by atoms with Gasteiger partial charge in [-0.05, 0) is 42.8 Å². The number of anilines is 1. The molecule has 0 aromatic heterocycles. The fourth-order valence-corrected chi connectivity index (χ4v) is 2.34. The highest BCUT2D eigenvalue weighted by Gasteiger charge is 2.12. The number of nitrogens with zero attached hydrogens (tertiary/aromatic N) is 1. The van der Waals surface area contributed by atoms with E-state index in [0.717, 1.165) is 0 Å². The van der Waals surface area contributed by atoms with E-state index < -0.39 is 5.91 Å². The zero-order valence-electron chi connectivity index (χ0n) is 15.7. The van der Waals surface area contributed by atoms with Crippen molar-refractivity contribution in [3.63, 3.8) is 0 Å². The molecular weight excluding hydrogens is 356 g/mol. The normalized spacial score (nSPS) is 10.4. The van der Waals surface area contributed by atoms with E-state index in [-0.39, 0.29) is 12.2 Å². The highest BCUT2D eigenvalue weighted by Crippen LogP contribution is 2.29. The first kappa shape index (κ1) is 20.4. The Morgan fingerprint density at radius 1 is 1.21 bits per heavy atom. The molecule has 1 N–H and O–H groups in total. The van der Waals surface area contributed by atoms with Crippen molar-refractivity contribution < 1.29 is 19.0 Å². The molecule has 0 atom stereocenters. The number of carbonyl (C=O) groups is 1. The molecule has 0 heterocycles. The van der Waals surface area contributed by atoms with E-state index in [0.29, 0.717) is 35.1 Å². The van der Waals surface area contributed by atoms with Gasteiger partial charge in [0.15, 0.2) is 11.5 Å². The third-order valence-corrected chi connectivity index (χ3v) is 3.58. The Morgan fingerprint density at radius 3 is 2.71 bits per heavy atom. The number of benzene rings is 2. The minimum Gasteiger partial charge on any atom is -0.497 e. The average Bonchev–Trinajstić information content (AvgIpc) is 2.71. The van der Waals surface area contributed by atoms with E-state index in [1.807, 2.05) is 13.0 Å². The first-order chi connectivity index (χ1) is 13.6. The predicted molar refractivity (Wildman–Crippen MR) is 107 cm³/mol. The summed E-state index contributed by atoms with van der Waals surface area (Å²) in [6.07, 6.45) is 6.69. The van der Waals surface area contributed by atoms with Crippen LogP contribution in [-0.4, -0.2) is 26.2 Å². The Kier molecular flexibility index (Phi) is 7.51. The van der Waals surface area contributed by atoms with Gasteiger partial charge in [0.2, 0.25) is 0 Å². The molecule has 0 saturated carbocycles. The zero-order valence-corrected chi connectivity index (χ0v) is 15.7. The van der Waals surface area contributed by atoms with Crippen LogP contribution in [0.15, 0.2) is 48.0 Å². The molecule has 0 unspecified atom stereocenters. The Balaban J connectivity index is 2.25. The number of amides is 1. The van der Waals surface area contributed by atoms with Crippen molar-refractivity contribution in [3.8, 4) is 35.7 Å². The second-order valence-corrected chi connectivity index (χ2v) is 5.49. The van der Waals surface area contributed by atoms with Gasteiger partial charge >= 0.3 is 0 Å². The molecular formula is C22H20N2O4. The van der Waals surface area contributed by atoms with Crippen LogP contribution in [0.4, 0.5) is 5.69 Å². The number of nitrogens with one attached hydrogen (secondary N) is 1. The second kappa shape index (κ2) is 10.3. The lowest BCUT2D eigenvalue weighted by Crippen LogP contribution is -2.13. The zero-order chi connectivity index (χ0) is 20.4. The third kappa shape index (κ3) is 5.55. The summed E-state index contributed by atoms with van der Waals surface area (Å²) in [5, 5.41) is 12.1. The smallest absolute Gasteiger partial charge is 0.266 e. The van der Waals surface area contributed by atoms with E-state index in [2.05, 4.69) is 11.2 Å². The molecule has 2 aromatic rings. The topological polar surface area (TPSA) is 80.6 Å². The van der Waals surface area contributed by atoms with Crippen molar-refractivity contribution >= 4 is 17.7 Å². The van der Waals surface area contributed by atoms with E-state index in [1.54, 1.807) is 42.5 Å². The van der Waals surface area contributed by atoms with Crippen LogP contribution in [0, 0.1) is 23.7 Å². The molecule has 0 fully saturated rings. The summed E-state index contributed by atoms with van der Waals surface area (Å²) in [4.78, 5) is 12.4. The monoisotopic (exact) mass is 376 g/mol. The predicted octanol–water partition coefficient (Wildman–Crippen LogP) is 3.65. The Hall–Kier alpha value is -3.90. The Morgan fingerprint density at radius 2 is 2.04 bits per heavy atom. The summed E-state index contributed by atoms with van der Waals surface area (Å²) in [5.41, 5.74) is 1.09. The van der Waals surface area contributed by atoms with Gasteiger partial charge in [-0.1, -0.05) is 18.1 Å². The molecule has 2 rings (SSSR count). The molecule has 1 amide bonds. The maximum atomic E-state index is 12.4. The molecule has 0 saturated heterocycles. The molecule has 2 aromatic carbocycles. The number of terminal acetylenes is 1. The van der Waals surface area contributed by atoms with Gasteiger partial charge in [0.25, 0.3) is 5.91 Å². The molecule has 0 aliphatic heterocycles. The van der Waals surface area contributed by atoms with Gasteiger partial charge in [-0.2, -0.15) is 5.26 Å². The number of methoxy groups -OCH3 is 1. The van der Waals surface area contributed by atoms with E-state index >= 15 is 0 Å². The average molecular weight is 376 g/mol. The van der Waals surface area contributed by atoms with Crippen LogP contribution in [-0.2, 0) is 4.79 Å². The third-order valence-electron chi connectivity index (χ3n) is 3.58. The summed E-state index contributed by atoms with van der Waals surface area (Å²) in [5.74, 6) is 3.45. The molecule has 142 valence electrons. The molecule has 0 radical (unpaired) electrons. The number of rotatable bonds is 8. The lowest BCUT2D eigenvalue weighted by atomic mass is 10.1. The molecule has 0 aliphatic rings. The van der Waals surface area contributed by atoms with Crippen molar-refractivity contribution in [2.24, 2.45) is 0 Å². The summed E-state index contributed by atoms with van der Waals surface area (Å²) < 4.78 is 16.1. The van der Waals surface area contributed by atoms with Crippen LogP contribution in [0.5, 0.6) is 17.2 Å². The van der Waals surface area contributed by atoms with Crippen LogP contribution in [0.25, 0.3) is 6.08 Å². The largest absolute Gasteiger partial charge is 0.497 e. The summed E-state index contributed by atoms with van der Waals surface area (Å²) in [7, 11) is 1.54. The number of hydrogen-bond acceptors (Lipinski definition) is 5. The van der Waals surface area contributed by atoms with Crippen LogP contribution in [0.2, 0.25) is 0 Å². The molecule has 6 heteroatoms. The van der Waals surface area contributed by atoms with E-state index in [4.69, 9.17) is 20.6 Å². The van der Waals surface area contributed by atoms with Gasteiger partial charge in [0.1, 0.15) is 24.0 Å². The van der Waals surface area contributed by atoms with Gasteiger partial charge < -0.3 is 19.5 Å². The van der Waals surface area contributed by atoms with Gasteiger partial charge in [0, 0.05) is 11.8 Å². The van der Waals surface area contributed by atoms with Crippen LogP contribution < -0.4 is 19.5 Å². The minimum atomic E-state index is -0.527. The highest BCUT2D eigenvalue weighted by atomic mass is 16.5. The molecule has 0 spiro atoms. The van der Waals surface area contributed by atoms with Crippen LogP contribution in [0.3, 0.4) is 0 Å². The van der Waals surface area contributed by atoms with Crippen LogP contribution in [0.1, 0.15) is 12.5 Å². The maximum absolute atomic E-state index is 12.4. The first-order valence-corrected chi connectivity index (χ1v) is 8.51. The van der Waals surface area contributed by atoms with Crippen molar-refractivity contribution in [1.29, 1.82) is 5.26 Å². The standard InChI is InChI=1S/C22H20N2O4/c1-4-11-28-20-10-9-16(13-21(20)27-5-2)12-17(15-23)22(25)24-18-7-6-8-19(14-18)26-3/h1,6-10,12-14H,5,11H2,2-3H3,(H,24,25)/b17-12+. The Labute approximate surface area is 164 Å². The van der Waals surface area contributed by atoms with Gasteiger partial charge in [-0.25, -0.2) is 0 Å². The number of nitriles is 1. The number of hydrogen-bond donors (Lipinski definition) is 1. The molecule has 0 aliphatic carbocycles. The highest BCUT2D eigenvalue weighted by molar-refractivity contribution is 6.09. The van der Waals surface area contributed by atoms with Gasteiger partial charge in [-0.3, -0.25) is 4.79 Å². The van der Waals surface area contributed by atoms with Crippen molar-refractivity contribution in [1.82, 2.24) is 0 Å². The number of carbonyl (C=O) groups excluding carboxylic acids is 1. The fourth-order valence-electron chi connectivity index (χ4n) is 2.34. The molecule has 6 nitrogen and oxygen atoms in total. The summed E-state index contributed by atoms with van der Waals surface area (Å²) >= 11 is 0.